The summed E-state index contributed by atoms with van der Waals surface area (Å²) in [6.07, 6.45) is 4.19. The third-order valence-electron chi connectivity index (χ3n) is 5.53. The fourth-order valence-corrected chi connectivity index (χ4v) is 4.04. The normalized spacial score (nSPS) is 25.6. The predicted molar refractivity (Wildman–Crippen MR) is 97.2 cm³/mol. The monoisotopic (exact) mass is 374 g/mol. The van der Waals surface area contributed by atoms with E-state index in [-0.39, 0.29) is 24.1 Å². The van der Waals surface area contributed by atoms with Crippen LogP contribution in [0.15, 0.2) is 24.5 Å². The SMILES string of the molecule is O=C(Cc1cccnc1)N1C[C@H]2OC(=O)N(CCCN3CCOCC3)[C@H]2C1. The highest BCUT2D eigenvalue weighted by atomic mass is 16.6. The van der Waals surface area contributed by atoms with Crippen LogP contribution in [-0.4, -0.2) is 96.3 Å². The van der Waals surface area contributed by atoms with Gasteiger partial charge in [-0.2, -0.15) is 0 Å². The number of hydrogen-bond donors (Lipinski definition) is 0. The van der Waals surface area contributed by atoms with Gasteiger partial charge in [0.1, 0.15) is 6.10 Å². The molecule has 146 valence electrons. The molecular weight excluding hydrogens is 348 g/mol. The Kier molecular flexibility index (Phi) is 5.54. The van der Waals surface area contributed by atoms with Crippen molar-refractivity contribution in [3.63, 3.8) is 0 Å². The van der Waals surface area contributed by atoms with Crippen LogP contribution in [0.4, 0.5) is 4.79 Å². The van der Waals surface area contributed by atoms with E-state index in [2.05, 4.69) is 9.88 Å². The number of hydrogen-bond acceptors (Lipinski definition) is 6. The molecule has 0 N–H and O–H groups in total. The van der Waals surface area contributed by atoms with Crippen molar-refractivity contribution in [3.8, 4) is 0 Å². The number of pyridine rings is 1. The number of morpholine rings is 1. The van der Waals surface area contributed by atoms with Crippen molar-refractivity contribution in [1.82, 2.24) is 19.7 Å². The minimum atomic E-state index is -0.244. The van der Waals surface area contributed by atoms with Gasteiger partial charge in [-0.05, 0) is 18.1 Å². The Hall–Kier alpha value is -2.19. The molecule has 8 nitrogen and oxygen atoms in total. The Bertz CT molecular complexity index is 665. The zero-order valence-electron chi connectivity index (χ0n) is 15.5. The third kappa shape index (κ3) is 4.22. The van der Waals surface area contributed by atoms with Gasteiger partial charge < -0.3 is 14.4 Å². The molecule has 0 spiro atoms. The molecule has 0 aliphatic carbocycles. The van der Waals surface area contributed by atoms with Crippen molar-refractivity contribution in [2.75, 3.05) is 52.5 Å². The lowest BCUT2D eigenvalue weighted by atomic mass is 10.2. The summed E-state index contributed by atoms with van der Waals surface area (Å²) in [5.74, 6) is 0.0571. The molecule has 4 rings (SSSR count). The summed E-state index contributed by atoms with van der Waals surface area (Å²) >= 11 is 0. The van der Waals surface area contributed by atoms with E-state index in [4.69, 9.17) is 9.47 Å². The summed E-state index contributed by atoms with van der Waals surface area (Å²) in [4.78, 5) is 34.8. The minimum Gasteiger partial charge on any atom is -0.442 e. The fourth-order valence-electron chi connectivity index (χ4n) is 4.04. The van der Waals surface area contributed by atoms with Crippen molar-refractivity contribution >= 4 is 12.0 Å². The molecule has 3 saturated heterocycles. The van der Waals surface area contributed by atoms with Crippen LogP contribution in [0.5, 0.6) is 0 Å². The molecule has 2 amide bonds. The molecule has 0 radical (unpaired) electrons. The summed E-state index contributed by atoms with van der Waals surface area (Å²) < 4.78 is 10.9. The molecule has 1 aromatic rings. The number of aromatic nitrogens is 1. The van der Waals surface area contributed by atoms with Crippen molar-refractivity contribution in [2.24, 2.45) is 0 Å². The third-order valence-corrected chi connectivity index (χ3v) is 5.53. The number of amides is 2. The highest BCUT2D eigenvalue weighted by Gasteiger charge is 2.48. The molecule has 0 saturated carbocycles. The van der Waals surface area contributed by atoms with E-state index in [1.807, 2.05) is 21.9 Å². The van der Waals surface area contributed by atoms with Gasteiger partial charge in [-0.25, -0.2) is 4.79 Å². The van der Waals surface area contributed by atoms with Crippen LogP contribution in [0.25, 0.3) is 0 Å². The first-order chi connectivity index (χ1) is 13.2. The molecule has 27 heavy (non-hydrogen) atoms. The minimum absolute atomic E-state index is 0.0277. The lowest BCUT2D eigenvalue weighted by Gasteiger charge is -2.28. The average molecular weight is 374 g/mol. The van der Waals surface area contributed by atoms with Crippen LogP contribution >= 0.6 is 0 Å². The number of carbonyl (C=O) groups is 2. The Morgan fingerprint density at radius 2 is 2.07 bits per heavy atom. The molecule has 0 aromatic carbocycles. The standard InChI is InChI=1S/C19H26N4O4/c24-18(11-15-3-1-4-20-12-15)22-13-16-17(14-22)27-19(25)23(16)6-2-5-21-7-9-26-10-8-21/h1,3-4,12,16-17H,2,5-11,13-14H2/t16-,17+/m0/s1. The van der Waals surface area contributed by atoms with Crippen LogP contribution in [0, 0.1) is 0 Å². The molecule has 3 aliphatic rings. The topological polar surface area (TPSA) is 75.2 Å². The van der Waals surface area contributed by atoms with Gasteiger partial charge >= 0.3 is 6.09 Å². The van der Waals surface area contributed by atoms with Crippen molar-refractivity contribution < 1.29 is 19.1 Å². The van der Waals surface area contributed by atoms with Crippen LogP contribution in [0.3, 0.4) is 0 Å². The second kappa shape index (κ2) is 8.22. The summed E-state index contributed by atoms with van der Waals surface area (Å²) in [6, 6.07) is 3.71. The predicted octanol–water partition coefficient (Wildman–Crippen LogP) is 0.378. The van der Waals surface area contributed by atoms with Gasteiger partial charge in [-0.3, -0.25) is 19.6 Å². The van der Waals surface area contributed by atoms with E-state index in [1.54, 1.807) is 12.4 Å². The molecule has 2 atom stereocenters. The van der Waals surface area contributed by atoms with Crippen molar-refractivity contribution in [3.05, 3.63) is 30.1 Å². The second-order valence-electron chi connectivity index (χ2n) is 7.33. The molecule has 4 heterocycles. The van der Waals surface area contributed by atoms with Crippen LogP contribution in [0.1, 0.15) is 12.0 Å². The average Bonchev–Trinajstić information content (AvgIpc) is 3.22. The smallest absolute Gasteiger partial charge is 0.410 e. The highest BCUT2D eigenvalue weighted by Crippen LogP contribution is 2.27. The Morgan fingerprint density at radius 1 is 1.22 bits per heavy atom. The molecule has 0 unspecified atom stereocenters. The summed E-state index contributed by atoms with van der Waals surface area (Å²) in [7, 11) is 0. The maximum Gasteiger partial charge on any atom is 0.410 e. The zero-order chi connectivity index (χ0) is 18.6. The number of ether oxygens (including phenoxy) is 2. The van der Waals surface area contributed by atoms with Gasteiger partial charge in [-0.1, -0.05) is 6.07 Å². The highest BCUT2D eigenvalue weighted by molar-refractivity contribution is 5.80. The van der Waals surface area contributed by atoms with Gasteiger partial charge in [0.25, 0.3) is 0 Å². The molecule has 1 aromatic heterocycles. The fraction of sp³-hybridized carbons (Fsp3) is 0.632. The second-order valence-corrected chi connectivity index (χ2v) is 7.33. The Balaban J connectivity index is 1.28. The molecule has 3 aliphatic heterocycles. The number of nitrogens with zero attached hydrogens (tertiary/aromatic N) is 4. The van der Waals surface area contributed by atoms with Crippen molar-refractivity contribution in [1.29, 1.82) is 0 Å². The van der Waals surface area contributed by atoms with E-state index in [1.165, 1.54) is 0 Å². The number of fused-ring (bicyclic) bond motifs is 1. The van der Waals surface area contributed by atoms with Gasteiger partial charge in [0.15, 0.2) is 0 Å². The first kappa shape index (κ1) is 18.2. The Morgan fingerprint density at radius 3 is 2.85 bits per heavy atom. The first-order valence-electron chi connectivity index (χ1n) is 9.65. The summed E-state index contributed by atoms with van der Waals surface area (Å²) in [6.45, 7) is 6.12. The summed E-state index contributed by atoms with van der Waals surface area (Å²) in [5, 5.41) is 0. The van der Waals surface area contributed by atoms with Crippen LogP contribution in [-0.2, 0) is 20.7 Å². The zero-order valence-corrected chi connectivity index (χ0v) is 15.5. The molecule has 3 fully saturated rings. The largest absolute Gasteiger partial charge is 0.442 e. The van der Waals surface area contributed by atoms with Gasteiger partial charge in [0, 0.05) is 45.1 Å². The van der Waals surface area contributed by atoms with Crippen molar-refractivity contribution in [2.45, 2.75) is 25.0 Å². The van der Waals surface area contributed by atoms with Crippen LogP contribution < -0.4 is 0 Å². The van der Waals surface area contributed by atoms with E-state index >= 15 is 0 Å². The Labute approximate surface area is 159 Å². The van der Waals surface area contributed by atoms with E-state index in [0.717, 1.165) is 44.8 Å². The molecular formula is C19H26N4O4. The quantitative estimate of drug-likeness (QED) is 0.717. The maximum atomic E-state index is 12.6. The molecule has 8 heteroatoms. The molecule has 0 bridgehead atoms. The van der Waals surface area contributed by atoms with Gasteiger partial charge in [-0.15, -0.1) is 0 Å². The van der Waals surface area contributed by atoms with Crippen LogP contribution in [0.2, 0.25) is 0 Å². The first-order valence-corrected chi connectivity index (χ1v) is 9.65. The summed E-state index contributed by atoms with van der Waals surface area (Å²) in [5.41, 5.74) is 0.902. The number of rotatable bonds is 6. The van der Waals surface area contributed by atoms with E-state index in [0.29, 0.717) is 26.1 Å². The van der Waals surface area contributed by atoms with Gasteiger partial charge in [0.2, 0.25) is 5.91 Å². The number of likely N-dealkylation sites (tertiary alicyclic amines) is 1. The van der Waals surface area contributed by atoms with E-state index < -0.39 is 0 Å². The lowest BCUT2D eigenvalue weighted by Crippen LogP contribution is -2.42. The lowest BCUT2D eigenvalue weighted by molar-refractivity contribution is -0.130. The van der Waals surface area contributed by atoms with E-state index in [9.17, 15) is 9.59 Å². The number of carbonyl (C=O) groups excluding carboxylic acids is 2. The maximum absolute atomic E-state index is 12.6. The van der Waals surface area contributed by atoms with Gasteiger partial charge in [0.05, 0.1) is 32.2 Å².